The highest BCUT2D eigenvalue weighted by molar-refractivity contribution is 5.80. The molecule has 0 bridgehead atoms. The molecule has 0 aromatic carbocycles. The molecule has 26 heavy (non-hydrogen) atoms. The summed E-state index contributed by atoms with van der Waals surface area (Å²) in [7, 11) is 6.11. The molecule has 0 saturated heterocycles. The van der Waals surface area contributed by atoms with Gasteiger partial charge in [-0.05, 0) is 18.8 Å². The second-order valence-electron chi connectivity index (χ2n) is 9.05. The third-order valence-corrected chi connectivity index (χ3v) is 4.28. The van der Waals surface area contributed by atoms with Gasteiger partial charge in [0.25, 0.3) is 0 Å². The van der Waals surface area contributed by atoms with Gasteiger partial charge in [-0.1, -0.05) is 27.7 Å². The van der Waals surface area contributed by atoms with Gasteiger partial charge in [0, 0.05) is 37.9 Å². The van der Waals surface area contributed by atoms with E-state index in [9.17, 15) is 14.7 Å². The van der Waals surface area contributed by atoms with Gasteiger partial charge in [-0.3, -0.25) is 9.59 Å². The summed E-state index contributed by atoms with van der Waals surface area (Å²) in [5.74, 6) is 0.252. The second-order valence-corrected chi connectivity index (χ2v) is 9.05. The number of ketones is 1. The molecule has 0 spiro atoms. The number of aliphatic hydroxyl groups excluding tert-OH is 1. The zero-order chi connectivity index (χ0) is 20.3. The van der Waals surface area contributed by atoms with Gasteiger partial charge in [0.05, 0.1) is 21.1 Å². The van der Waals surface area contributed by atoms with Crippen molar-refractivity contribution in [3.63, 3.8) is 0 Å². The average molecular weight is 373 g/mol. The lowest BCUT2D eigenvalue weighted by Crippen LogP contribution is -2.42. The zero-order valence-electron chi connectivity index (χ0n) is 18.0. The van der Waals surface area contributed by atoms with Gasteiger partial charge >= 0.3 is 0 Å². The molecule has 0 fully saturated rings. The maximum absolute atomic E-state index is 12.1. The van der Waals surface area contributed by atoms with E-state index in [1.54, 1.807) is 0 Å². The Morgan fingerprint density at radius 2 is 1.65 bits per heavy atom. The van der Waals surface area contributed by atoms with Crippen LogP contribution in [0.15, 0.2) is 0 Å². The lowest BCUT2D eigenvalue weighted by atomic mass is 9.88. The monoisotopic (exact) mass is 372 g/mol. The molecule has 0 radical (unpaired) electrons. The van der Waals surface area contributed by atoms with Crippen LogP contribution in [0.2, 0.25) is 0 Å². The highest BCUT2D eigenvalue weighted by Crippen LogP contribution is 2.21. The summed E-state index contributed by atoms with van der Waals surface area (Å²) in [5, 5.41) is 16.5. The van der Waals surface area contributed by atoms with Gasteiger partial charge in [-0.15, -0.1) is 0 Å². The first-order valence-corrected chi connectivity index (χ1v) is 9.92. The Morgan fingerprint density at radius 1 is 1.04 bits per heavy atom. The van der Waals surface area contributed by atoms with Crippen molar-refractivity contribution in [1.29, 1.82) is 0 Å². The molecule has 0 aromatic rings. The quantitative estimate of drug-likeness (QED) is 0.319. The number of nitrogens with zero attached hydrogens (tertiary/aromatic N) is 1. The molecule has 0 heterocycles. The van der Waals surface area contributed by atoms with Crippen molar-refractivity contribution in [1.82, 2.24) is 10.6 Å². The molecule has 154 valence electrons. The zero-order valence-corrected chi connectivity index (χ0v) is 18.0. The van der Waals surface area contributed by atoms with E-state index in [-0.39, 0.29) is 23.5 Å². The highest BCUT2D eigenvalue weighted by atomic mass is 16.3. The fourth-order valence-electron chi connectivity index (χ4n) is 2.90. The number of carbonyl (C=O) groups excluding carboxylic acids is 2. The molecule has 2 unspecified atom stereocenters. The van der Waals surface area contributed by atoms with E-state index in [1.807, 2.05) is 35.0 Å². The van der Waals surface area contributed by atoms with Crippen molar-refractivity contribution in [2.75, 3.05) is 40.8 Å². The Kier molecular flexibility index (Phi) is 11.9. The fourth-order valence-corrected chi connectivity index (χ4v) is 2.90. The molecular weight excluding hydrogens is 330 g/mol. The van der Waals surface area contributed by atoms with Crippen LogP contribution in [0, 0.1) is 11.8 Å². The smallest absolute Gasteiger partial charge is 0.220 e. The van der Waals surface area contributed by atoms with Crippen molar-refractivity contribution in [3.8, 4) is 0 Å². The average Bonchev–Trinajstić information content (AvgIpc) is 2.46. The van der Waals surface area contributed by atoms with Gasteiger partial charge in [0.15, 0.2) is 0 Å². The minimum absolute atomic E-state index is 0.0102. The van der Waals surface area contributed by atoms with E-state index in [0.717, 1.165) is 6.54 Å². The van der Waals surface area contributed by atoms with Gasteiger partial charge < -0.3 is 20.2 Å². The molecule has 6 nitrogen and oxygen atoms in total. The summed E-state index contributed by atoms with van der Waals surface area (Å²) >= 11 is 0. The summed E-state index contributed by atoms with van der Waals surface area (Å²) in [4.78, 5) is 24.2. The second kappa shape index (κ2) is 12.4. The standard InChI is InChI=1S/C20H41N3O3/c1-15(2)19(25)13-17(12-18(24)14-23(5,6)7)8-9-20(26)22-11-10-21-16(3)4/h15-18,21,24H,8-14H2,1-7H3/p+1. The summed E-state index contributed by atoms with van der Waals surface area (Å²) < 4.78 is 0.676. The molecule has 0 saturated carbocycles. The van der Waals surface area contributed by atoms with E-state index in [4.69, 9.17) is 0 Å². The van der Waals surface area contributed by atoms with Crippen LogP contribution in [0.1, 0.15) is 53.4 Å². The Labute approximate surface area is 160 Å². The van der Waals surface area contributed by atoms with Crippen LogP contribution in [0.25, 0.3) is 0 Å². The summed E-state index contributed by atoms with van der Waals surface area (Å²) in [5.41, 5.74) is 0. The number of hydrogen-bond donors (Lipinski definition) is 3. The molecule has 2 atom stereocenters. The van der Waals surface area contributed by atoms with Gasteiger partial charge in [-0.2, -0.15) is 0 Å². The lowest BCUT2D eigenvalue weighted by Gasteiger charge is -2.28. The van der Waals surface area contributed by atoms with Crippen LogP contribution < -0.4 is 10.6 Å². The molecule has 0 rings (SSSR count). The van der Waals surface area contributed by atoms with E-state index < -0.39 is 6.10 Å². The third kappa shape index (κ3) is 14.2. The molecule has 0 aromatic heterocycles. The molecule has 0 aliphatic rings. The van der Waals surface area contributed by atoms with Gasteiger partial charge in [-0.25, -0.2) is 0 Å². The summed E-state index contributed by atoms with van der Waals surface area (Å²) in [6, 6.07) is 0.404. The van der Waals surface area contributed by atoms with Crippen LogP contribution in [0.4, 0.5) is 0 Å². The van der Waals surface area contributed by atoms with E-state index >= 15 is 0 Å². The van der Waals surface area contributed by atoms with Crippen LogP contribution in [-0.4, -0.2) is 74.2 Å². The Bertz CT molecular complexity index is 417. The topological polar surface area (TPSA) is 78.4 Å². The van der Waals surface area contributed by atoms with E-state index in [0.29, 0.717) is 49.3 Å². The number of aliphatic hydroxyl groups is 1. The number of likely N-dealkylation sites (N-methyl/N-ethyl adjacent to an activating group) is 1. The lowest BCUT2D eigenvalue weighted by molar-refractivity contribution is -0.873. The number of hydrogen-bond acceptors (Lipinski definition) is 4. The van der Waals surface area contributed by atoms with Crippen molar-refractivity contribution < 1.29 is 19.2 Å². The normalized spacial score (nSPS) is 14.5. The SMILES string of the molecule is CC(C)NCCNC(=O)CCC(CC(=O)C(C)C)CC(O)C[N+](C)(C)C. The first kappa shape index (κ1) is 25.0. The predicted octanol–water partition coefficient (Wildman–Crippen LogP) is 1.57. The maximum Gasteiger partial charge on any atom is 0.220 e. The first-order chi connectivity index (χ1) is 11.9. The van der Waals surface area contributed by atoms with Gasteiger partial charge in [0.1, 0.15) is 18.4 Å². The highest BCUT2D eigenvalue weighted by Gasteiger charge is 2.23. The van der Waals surface area contributed by atoms with Gasteiger partial charge in [0.2, 0.25) is 5.91 Å². The molecule has 3 N–H and O–H groups in total. The largest absolute Gasteiger partial charge is 0.387 e. The Hall–Kier alpha value is -0.980. The summed E-state index contributed by atoms with van der Waals surface area (Å²) in [6.07, 6.45) is 1.58. The maximum atomic E-state index is 12.1. The van der Waals surface area contributed by atoms with Crippen molar-refractivity contribution in [2.45, 2.75) is 65.5 Å². The Balaban J connectivity index is 4.47. The first-order valence-electron chi connectivity index (χ1n) is 9.92. The van der Waals surface area contributed by atoms with Crippen LogP contribution in [0.3, 0.4) is 0 Å². The van der Waals surface area contributed by atoms with Crippen LogP contribution >= 0.6 is 0 Å². The van der Waals surface area contributed by atoms with Crippen LogP contribution in [0.5, 0.6) is 0 Å². The molecule has 1 amide bonds. The van der Waals surface area contributed by atoms with E-state index in [2.05, 4.69) is 24.5 Å². The number of Topliss-reactive ketones (excluding diaryl/α,β-unsaturated/α-hetero) is 1. The summed E-state index contributed by atoms with van der Waals surface area (Å²) in [6.45, 7) is 9.93. The predicted molar refractivity (Wildman–Crippen MR) is 107 cm³/mol. The number of rotatable bonds is 14. The van der Waals surface area contributed by atoms with Crippen molar-refractivity contribution >= 4 is 11.7 Å². The Morgan fingerprint density at radius 3 is 2.15 bits per heavy atom. The molecule has 0 aliphatic carbocycles. The fraction of sp³-hybridized carbons (Fsp3) is 0.900. The minimum atomic E-state index is -0.460. The molecule has 6 heteroatoms. The number of amides is 1. The van der Waals surface area contributed by atoms with Crippen LogP contribution in [-0.2, 0) is 9.59 Å². The molecule has 0 aliphatic heterocycles. The number of carbonyl (C=O) groups is 2. The third-order valence-electron chi connectivity index (χ3n) is 4.28. The van der Waals surface area contributed by atoms with E-state index in [1.165, 1.54) is 0 Å². The number of nitrogens with one attached hydrogen (secondary N) is 2. The molecular formula is C20H42N3O3+. The van der Waals surface area contributed by atoms with Crippen molar-refractivity contribution in [3.05, 3.63) is 0 Å². The van der Waals surface area contributed by atoms with Crippen molar-refractivity contribution in [2.24, 2.45) is 11.8 Å². The number of quaternary nitrogens is 1. The minimum Gasteiger partial charge on any atom is -0.387 e.